The number of nitro groups is 1. The maximum absolute atomic E-state index is 13.3. The van der Waals surface area contributed by atoms with Gasteiger partial charge in [0.1, 0.15) is 11.5 Å². The number of nitrogens with zero attached hydrogens (tertiary/aromatic N) is 2. The second kappa shape index (κ2) is 8.75. The molecule has 1 aliphatic rings. The fourth-order valence-corrected chi connectivity index (χ4v) is 3.90. The van der Waals surface area contributed by atoms with Gasteiger partial charge in [-0.3, -0.25) is 14.9 Å². The van der Waals surface area contributed by atoms with Gasteiger partial charge in [-0.2, -0.15) is 13.2 Å². The molecule has 12 heteroatoms. The van der Waals surface area contributed by atoms with Crippen molar-refractivity contribution in [1.82, 2.24) is 5.32 Å². The number of rotatable bonds is 4. The predicted molar refractivity (Wildman–Crippen MR) is 118 cm³/mol. The van der Waals surface area contributed by atoms with Crippen molar-refractivity contribution in [3.63, 3.8) is 0 Å². The van der Waals surface area contributed by atoms with E-state index in [9.17, 15) is 28.1 Å². The number of nitro benzene ring substituents is 1. The highest BCUT2D eigenvalue weighted by Gasteiger charge is 2.34. The van der Waals surface area contributed by atoms with Crippen LogP contribution in [0, 0.1) is 10.1 Å². The van der Waals surface area contributed by atoms with Crippen LogP contribution in [-0.2, 0) is 11.0 Å². The summed E-state index contributed by atoms with van der Waals surface area (Å²) < 4.78 is 45.5. The van der Waals surface area contributed by atoms with Crippen molar-refractivity contribution in [3.05, 3.63) is 86.0 Å². The Kier molecular flexibility index (Phi) is 6.00. The number of carbonyl (C=O) groups is 1. The Morgan fingerprint density at radius 1 is 1.15 bits per heavy atom. The van der Waals surface area contributed by atoms with E-state index in [0.29, 0.717) is 11.3 Å². The van der Waals surface area contributed by atoms with Crippen LogP contribution in [0.3, 0.4) is 0 Å². The molecule has 1 aromatic heterocycles. The predicted octanol–water partition coefficient (Wildman–Crippen LogP) is 6.42. The van der Waals surface area contributed by atoms with Gasteiger partial charge in [0, 0.05) is 28.8 Å². The maximum Gasteiger partial charge on any atom is 0.418 e. The zero-order chi connectivity index (χ0) is 23.8. The van der Waals surface area contributed by atoms with E-state index in [1.165, 1.54) is 30.3 Å². The summed E-state index contributed by atoms with van der Waals surface area (Å²) >= 11 is 6.51. The van der Waals surface area contributed by atoms with Crippen molar-refractivity contribution in [1.29, 1.82) is 0 Å². The standard InChI is InChI=1S/C21H11ClF3N3O4S/c22-12-4-6-16(15(9-12)21(23,24)25)26-20-27-19(29)18(33-20)10-14-5-7-17(32-14)11-2-1-3-13(8-11)28(30)31/h1-10H,(H,26,27,29). The topological polar surface area (TPSA) is 97.7 Å². The molecule has 33 heavy (non-hydrogen) atoms. The summed E-state index contributed by atoms with van der Waals surface area (Å²) in [6, 6.07) is 12.1. The van der Waals surface area contributed by atoms with E-state index in [-0.39, 0.29) is 32.2 Å². The summed E-state index contributed by atoms with van der Waals surface area (Å²) in [5, 5.41) is 13.2. The molecule has 0 atom stereocenters. The second-order valence-corrected chi connectivity index (χ2v) is 8.12. The summed E-state index contributed by atoms with van der Waals surface area (Å²) in [5.74, 6) is 0.0614. The highest BCUT2D eigenvalue weighted by atomic mass is 35.5. The molecule has 1 aliphatic heterocycles. The summed E-state index contributed by atoms with van der Waals surface area (Å²) in [6.07, 6.45) is -3.27. The van der Waals surface area contributed by atoms with Gasteiger partial charge in [-0.25, -0.2) is 4.99 Å². The SMILES string of the molecule is O=C1NC(=Nc2ccc(Cl)cc2C(F)(F)F)SC1=Cc1ccc(-c2cccc([N+](=O)[O-])c2)o1. The molecule has 1 saturated heterocycles. The Bertz CT molecular complexity index is 1330. The molecule has 0 saturated carbocycles. The highest BCUT2D eigenvalue weighted by Crippen LogP contribution is 2.39. The van der Waals surface area contributed by atoms with E-state index in [1.807, 2.05) is 0 Å². The third kappa shape index (κ3) is 5.10. The number of carbonyl (C=O) groups excluding carboxylic acids is 1. The van der Waals surface area contributed by atoms with Crippen molar-refractivity contribution in [2.45, 2.75) is 6.18 Å². The fourth-order valence-electron chi connectivity index (χ4n) is 2.91. The van der Waals surface area contributed by atoms with Crippen LogP contribution in [0.1, 0.15) is 11.3 Å². The number of benzene rings is 2. The van der Waals surface area contributed by atoms with Crippen LogP contribution >= 0.6 is 23.4 Å². The quantitative estimate of drug-likeness (QED) is 0.257. The Morgan fingerprint density at radius 3 is 2.67 bits per heavy atom. The molecule has 168 valence electrons. The van der Waals surface area contributed by atoms with Gasteiger partial charge in [-0.05, 0) is 42.1 Å². The zero-order valence-corrected chi connectivity index (χ0v) is 17.8. The Balaban J connectivity index is 1.58. The molecule has 3 aromatic rings. The molecule has 0 aliphatic carbocycles. The average molecular weight is 494 g/mol. The first-order valence-electron chi connectivity index (χ1n) is 9.11. The number of furan rings is 1. The van der Waals surface area contributed by atoms with E-state index in [4.69, 9.17) is 16.0 Å². The van der Waals surface area contributed by atoms with Gasteiger partial charge >= 0.3 is 6.18 Å². The first-order valence-corrected chi connectivity index (χ1v) is 10.3. The molecule has 2 heterocycles. The maximum atomic E-state index is 13.3. The van der Waals surface area contributed by atoms with Crippen molar-refractivity contribution in [2.24, 2.45) is 4.99 Å². The molecule has 1 amide bonds. The van der Waals surface area contributed by atoms with E-state index >= 15 is 0 Å². The lowest BCUT2D eigenvalue weighted by molar-refractivity contribution is -0.384. The highest BCUT2D eigenvalue weighted by molar-refractivity contribution is 8.18. The number of alkyl halides is 3. The first kappa shape index (κ1) is 22.6. The van der Waals surface area contributed by atoms with Crippen molar-refractivity contribution in [2.75, 3.05) is 0 Å². The van der Waals surface area contributed by atoms with Crippen LogP contribution < -0.4 is 5.32 Å². The molecule has 0 radical (unpaired) electrons. The molecule has 4 rings (SSSR count). The Labute approximate surface area is 193 Å². The largest absolute Gasteiger partial charge is 0.457 e. The number of halogens is 4. The molecule has 0 unspecified atom stereocenters. The van der Waals surface area contributed by atoms with Gasteiger partial charge in [0.05, 0.1) is 21.1 Å². The van der Waals surface area contributed by atoms with E-state index in [2.05, 4.69) is 10.3 Å². The third-order valence-electron chi connectivity index (χ3n) is 4.38. The normalized spacial score (nSPS) is 16.4. The minimum atomic E-state index is -4.67. The minimum Gasteiger partial charge on any atom is -0.457 e. The lowest BCUT2D eigenvalue weighted by Crippen LogP contribution is -2.19. The van der Waals surface area contributed by atoms with Crippen molar-refractivity contribution < 1.29 is 27.3 Å². The van der Waals surface area contributed by atoms with Crippen LogP contribution in [0.4, 0.5) is 24.5 Å². The number of thioether (sulfide) groups is 1. The summed E-state index contributed by atoms with van der Waals surface area (Å²) in [5.41, 5.74) is -1.04. The molecular formula is C21H11ClF3N3O4S. The van der Waals surface area contributed by atoms with Crippen LogP contribution in [0.25, 0.3) is 17.4 Å². The average Bonchev–Trinajstić information content (AvgIpc) is 3.35. The van der Waals surface area contributed by atoms with Gasteiger partial charge in [-0.15, -0.1) is 0 Å². The number of amidine groups is 1. The second-order valence-electron chi connectivity index (χ2n) is 6.65. The monoisotopic (exact) mass is 493 g/mol. The third-order valence-corrected chi connectivity index (χ3v) is 5.52. The summed E-state index contributed by atoms with van der Waals surface area (Å²) in [4.78, 5) is 26.8. The molecule has 2 aromatic carbocycles. The van der Waals surface area contributed by atoms with E-state index in [1.54, 1.807) is 18.2 Å². The lowest BCUT2D eigenvalue weighted by atomic mass is 10.1. The van der Waals surface area contributed by atoms with Gasteiger partial charge in [0.2, 0.25) is 0 Å². The molecular weight excluding hydrogens is 483 g/mol. The first-order chi connectivity index (χ1) is 15.6. The number of aliphatic imine (C=N–C) groups is 1. The van der Waals surface area contributed by atoms with Crippen LogP contribution in [-0.4, -0.2) is 16.0 Å². The van der Waals surface area contributed by atoms with Gasteiger partial charge < -0.3 is 9.73 Å². The Morgan fingerprint density at radius 2 is 1.94 bits per heavy atom. The van der Waals surface area contributed by atoms with Crippen molar-refractivity contribution in [3.8, 4) is 11.3 Å². The van der Waals surface area contributed by atoms with Gasteiger partial charge in [-0.1, -0.05) is 23.7 Å². The molecule has 0 spiro atoms. The number of hydrogen-bond acceptors (Lipinski definition) is 6. The fraction of sp³-hybridized carbons (Fsp3) is 0.0476. The molecule has 0 bridgehead atoms. The molecule has 1 fully saturated rings. The summed E-state index contributed by atoms with van der Waals surface area (Å²) in [6.45, 7) is 0. The van der Waals surface area contributed by atoms with Crippen LogP contribution in [0.5, 0.6) is 0 Å². The smallest absolute Gasteiger partial charge is 0.418 e. The zero-order valence-electron chi connectivity index (χ0n) is 16.2. The number of amides is 1. The number of non-ortho nitro benzene ring substituents is 1. The lowest BCUT2D eigenvalue weighted by Gasteiger charge is -2.10. The van der Waals surface area contributed by atoms with E-state index in [0.717, 1.165) is 23.9 Å². The Hall–Kier alpha value is -3.57. The van der Waals surface area contributed by atoms with Crippen LogP contribution in [0.2, 0.25) is 5.02 Å². The van der Waals surface area contributed by atoms with Crippen molar-refractivity contribution >= 4 is 51.9 Å². The summed E-state index contributed by atoms with van der Waals surface area (Å²) in [7, 11) is 0. The number of hydrogen-bond donors (Lipinski definition) is 1. The van der Waals surface area contributed by atoms with Crippen LogP contribution in [0.15, 0.2) is 68.9 Å². The molecule has 1 N–H and O–H groups in total. The van der Waals surface area contributed by atoms with E-state index < -0.39 is 22.6 Å². The minimum absolute atomic E-state index is 0.0375. The van der Waals surface area contributed by atoms with Gasteiger partial charge in [0.25, 0.3) is 11.6 Å². The van der Waals surface area contributed by atoms with Gasteiger partial charge in [0.15, 0.2) is 5.17 Å². The molecule has 7 nitrogen and oxygen atoms in total. The number of nitrogens with one attached hydrogen (secondary N) is 1.